The minimum atomic E-state index is -4.64. The van der Waals surface area contributed by atoms with Crippen molar-refractivity contribution in [2.24, 2.45) is 0 Å². The number of aryl methyl sites for hydroxylation is 1. The maximum absolute atomic E-state index is 14.0. The molecule has 13 heteroatoms. The number of allylic oxidation sites excluding steroid dienone is 3. The lowest BCUT2D eigenvalue weighted by molar-refractivity contribution is -0.137. The van der Waals surface area contributed by atoms with E-state index >= 15 is 0 Å². The van der Waals surface area contributed by atoms with Gasteiger partial charge in [0.05, 0.1) is 33.7 Å². The molecule has 0 aromatic heterocycles. The van der Waals surface area contributed by atoms with Crippen LogP contribution in [0, 0.1) is 12.7 Å². The summed E-state index contributed by atoms with van der Waals surface area (Å²) >= 11 is 0. The fourth-order valence-electron chi connectivity index (χ4n) is 4.61. The first kappa shape index (κ1) is 36.3. The number of halogens is 4. The van der Waals surface area contributed by atoms with Gasteiger partial charge in [0.1, 0.15) is 19.2 Å². The Labute approximate surface area is 262 Å². The smallest absolute Gasteiger partial charge is 0.353 e. The molecule has 3 rings (SSSR count). The summed E-state index contributed by atoms with van der Waals surface area (Å²) in [6.45, 7) is 15.0. The van der Waals surface area contributed by atoms with E-state index in [9.17, 15) is 26.9 Å². The lowest BCUT2D eigenvalue weighted by atomic mass is 10.0. The molecule has 0 N–H and O–H groups in total. The average Bonchev–Trinajstić information content (AvgIpc) is 2.88. The number of hydrogen-bond acceptors (Lipinski definition) is 7. The largest absolute Gasteiger partial charge is 0.477 e. The molecule has 1 aliphatic heterocycles. The number of nitrogens with zero attached hydrogens (tertiary/aromatic N) is 3. The molecule has 0 atom stereocenters. The summed E-state index contributed by atoms with van der Waals surface area (Å²) in [5.41, 5.74) is -0.683. The number of benzene rings is 2. The summed E-state index contributed by atoms with van der Waals surface area (Å²) in [5.74, 6) is -1.03. The zero-order valence-electron chi connectivity index (χ0n) is 27.4. The Bertz CT molecular complexity index is 1510. The summed E-state index contributed by atoms with van der Waals surface area (Å²) < 4.78 is 86.0. The maximum Gasteiger partial charge on any atom is 0.477 e. The molecule has 0 spiro atoms. The van der Waals surface area contributed by atoms with E-state index in [0.29, 0.717) is 22.6 Å². The van der Waals surface area contributed by atoms with Crippen LogP contribution in [0.2, 0.25) is 0 Å². The van der Waals surface area contributed by atoms with Crippen LogP contribution in [0.25, 0.3) is 0 Å². The zero-order valence-corrected chi connectivity index (χ0v) is 28.3. The molecule has 8 nitrogen and oxygen atoms in total. The molecular formula is C32H42F4N3O5P. The Kier molecular flexibility index (Phi) is 10.7. The Morgan fingerprint density at radius 2 is 1.60 bits per heavy atom. The van der Waals surface area contributed by atoms with Gasteiger partial charge in [-0.3, -0.25) is 23.3 Å². The number of phosphoric ester groups is 1. The van der Waals surface area contributed by atoms with Gasteiger partial charge in [-0.15, -0.1) is 0 Å². The molecule has 1 amide bonds. The van der Waals surface area contributed by atoms with Crippen LogP contribution in [0.4, 0.5) is 28.9 Å². The SMILES string of the molecule is C/C=C\C(=C(\C)N(C)COP(=O)(OC(C)(C)C)OC(C)(C)C)N1CN(c2ccc(F)cc2C)c2cc(C(F)(F)F)ccc2C1=O. The van der Waals surface area contributed by atoms with E-state index < -0.39 is 42.5 Å². The van der Waals surface area contributed by atoms with Crippen molar-refractivity contribution >= 4 is 25.1 Å². The first-order valence-corrected chi connectivity index (χ1v) is 15.8. The van der Waals surface area contributed by atoms with E-state index in [2.05, 4.69) is 0 Å². The van der Waals surface area contributed by atoms with Gasteiger partial charge in [-0.25, -0.2) is 8.96 Å². The molecule has 0 radical (unpaired) electrons. The molecule has 0 saturated carbocycles. The van der Waals surface area contributed by atoms with Gasteiger partial charge >= 0.3 is 14.0 Å². The molecule has 1 aliphatic rings. The second-order valence-electron chi connectivity index (χ2n) is 12.7. The number of amides is 1. The molecule has 2 aromatic rings. The number of phosphoric acid groups is 1. The fourth-order valence-corrected chi connectivity index (χ4v) is 6.41. The van der Waals surface area contributed by atoms with Crippen LogP contribution in [-0.4, -0.2) is 47.4 Å². The number of rotatable bonds is 9. The van der Waals surface area contributed by atoms with Crippen molar-refractivity contribution in [3.63, 3.8) is 0 Å². The van der Waals surface area contributed by atoms with E-state index in [-0.39, 0.29) is 24.7 Å². The minimum absolute atomic E-state index is 0.0355. The number of alkyl halides is 3. The number of hydrogen-bond donors (Lipinski definition) is 0. The van der Waals surface area contributed by atoms with Gasteiger partial charge in [0.15, 0.2) is 0 Å². The lowest BCUT2D eigenvalue weighted by Crippen LogP contribution is -2.45. The predicted octanol–water partition coefficient (Wildman–Crippen LogP) is 9.16. The van der Waals surface area contributed by atoms with Crippen LogP contribution in [0.5, 0.6) is 0 Å². The third kappa shape index (κ3) is 9.19. The second-order valence-corrected chi connectivity index (χ2v) is 14.3. The molecular weight excluding hydrogens is 613 g/mol. The van der Waals surface area contributed by atoms with Crippen LogP contribution in [0.3, 0.4) is 0 Å². The van der Waals surface area contributed by atoms with E-state index in [0.717, 1.165) is 18.2 Å². The summed E-state index contributed by atoms with van der Waals surface area (Å²) in [4.78, 5) is 18.5. The summed E-state index contributed by atoms with van der Waals surface area (Å²) in [6.07, 6.45) is -1.24. The van der Waals surface area contributed by atoms with E-state index in [1.165, 1.54) is 23.1 Å². The average molecular weight is 656 g/mol. The molecule has 0 aliphatic carbocycles. The third-order valence-corrected chi connectivity index (χ3v) is 8.54. The summed E-state index contributed by atoms with van der Waals surface area (Å²) in [5, 5.41) is 0. The van der Waals surface area contributed by atoms with E-state index in [1.54, 1.807) is 91.3 Å². The molecule has 0 unspecified atom stereocenters. The standard InChI is InChI=1S/C32H42F4N3O5P/c1-11-12-27(22(3)37(10)20-42-45(41,43-30(4,5)6)44-31(7,8)9)39-19-38(26-16-14-24(33)17-21(26)2)28-18-23(32(34,35)36)13-15-25(28)29(39)40/h11-18H,19-20H2,1-10H3/b12-11-,27-22+. The predicted molar refractivity (Wildman–Crippen MR) is 166 cm³/mol. The van der Waals surface area contributed by atoms with E-state index in [4.69, 9.17) is 13.6 Å². The monoisotopic (exact) mass is 655 g/mol. The highest BCUT2D eigenvalue weighted by atomic mass is 31.2. The molecule has 0 saturated heterocycles. The van der Waals surface area contributed by atoms with Crippen LogP contribution in [0.15, 0.2) is 59.9 Å². The number of carbonyl (C=O) groups is 1. The molecule has 248 valence electrons. The Morgan fingerprint density at radius 1 is 1.00 bits per heavy atom. The van der Waals surface area contributed by atoms with Gasteiger partial charge in [-0.2, -0.15) is 13.2 Å². The van der Waals surface area contributed by atoms with Gasteiger partial charge in [0.25, 0.3) is 5.91 Å². The van der Waals surface area contributed by atoms with Crippen molar-refractivity contribution in [1.82, 2.24) is 9.80 Å². The summed E-state index contributed by atoms with van der Waals surface area (Å²) in [7, 11) is -2.40. The quantitative estimate of drug-likeness (QED) is 0.115. The van der Waals surface area contributed by atoms with Crippen molar-refractivity contribution in [3.05, 3.63) is 82.5 Å². The number of carbonyl (C=O) groups excluding carboxylic acids is 1. The first-order valence-electron chi connectivity index (χ1n) is 14.3. The summed E-state index contributed by atoms with van der Waals surface area (Å²) in [6, 6.07) is 6.91. The third-order valence-electron chi connectivity index (χ3n) is 6.56. The normalized spacial score (nSPS) is 15.5. The van der Waals surface area contributed by atoms with Crippen molar-refractivity contribution < 1.29 is 40.5 Å². The highest BCUT2D eigenvalue weighted by Crippen LogP contribution is 2.55. The minimum Gasteiger partial charge on any atom is -0.353 e. The van der Waals surface area contributed by atoms with Crippen LogP contribution < -0.4 is 4.90 Å². The van der Waals surface area contributed by atoms with Crippen LogP contribution >= 0.6 is 7.82 Å². The Morgan fingerprint density at radius 3 is 2.11 bits per heavy atom. The molecule has 2 aromatic carbocycles. The Hall–Kier alpha value is -3.18. The van der Waals surface area contributed by atoms with Crippen molar-refractivity contribution in [2.75, 3.05) is 25.3 Å². The van der Waals surface area contributed by atoms with Crippen LogP contribution in [-0.2, 0) is 24.3 Å². The van der Waals surface area contributed by atoms with Gasteiger partial charge in [0, 0.05) is 18.4 Å². The maximum atomic E-state index is 14.0. The zero-order chi connectivity index (χ0) is 34.1. The fraction of sp³-hybridized carbons (Fsp3) is 0.469. The molecule has 0 fully saturated rings. The molecule has 1 heterocycles. The van der Waals surface area contributed by atoms with Crippen molar-refractivity contribution in [3.8, 4) is 0 Å². The topological polar surface area (TPSA) is 71.6 Å². The number of anilines is 2. The van der Waals surface area contributed by atoms with Gasteiger partial charge in [0.2, 0.25) is 0 Å². The first-order chi connectivity index (χ1) is 20.5. The second kappa shape index (κ2) is 13.3. The van der Waals surface area contributed by atoms with Gasteiger partial charge in [-0.1, -0.05) is 6.08 Å². The van der Waals surface area contributed by atoms with E-state index in [1.807, 2.05) is 0 Å². The highest BCUT2D eigenvalue weighted by Gasteiger charge is 2.39. The van der Waals surface area contributed by atoms with Crippen molar-refractivity contribution in [1.29, 1.82) is 0 Å². The highest BCUT2D eigenvalue weighted by molar-refractivity contribution is 7.48. The number of fused-ring (bicyclic) bond motifs is 1. The van der Waals surface area contributed by atoms with Gasteiger partial charge in [-0.05, 0) is 110 Å². The van der Waals surface area contributed by atoms with Crippen LogP contribution in [0.1, 0.15) is 76.9 Å². The van der Waals surface area contributed by atoms with Gasteiger partial charge < -0.3 is 9.80 Å². The van der Waals surface area contributed by atoms with Crippen molar-refractivity contribution in [2.45, 2.75) is 79.7 Å². The molecule has 0 bridgehead atoms. The lowest BCUT2D eigenvalue weighted by Gasteiger charge is -2.40. The Balaban J connectivity index is 2.09. The molecule has 45 heavy (non-hydrogen) atoms.